The zero-order valence-electron chi connectivity index (χ0n) is 9.47. The number of carboxylic acid groups (broad SMARTS) is 1. The first-order valence-corrected chi connectivity index (χ1v) is 5.42. The van der Waals surface area contributed by atoms with E-state index in [9.17, 15) is 14.4 Å². The van der Waals surface area contributed by atoms with Crippen molar-refractivity contribution < 1.29 is 19.5 Å². The van der Waals surface area contributed by atoms with E-state index < -0.39 is 11.9 Å². The van der Waals surface area contributed by atoms with Crippen LogP contribution in [0.15, 0.2) is 6.33 Å². The van der Waals surface area contributed by atoms with Crippen LogP contribution in [0.3, 0.4) is 0 Å². The van der Waals surface area contributed by atoms with E-state index >= 15 is 0 Å². The fourth-order valence-electron chi connectivity index (χ4n) is 1.75. The number of H-pyrrole nitrogens is 1. The second-order valence-electron chi connectivity index (χ2n) is 3.86. The Hall–Kier alpha value is -2.38. The lowest BCUT2D eigenvalue weighted by molar-refractivity contribution is -0.121. The van der Waals surface area contributed by atoms with E-state index in [1.54, 1.807) is 0 Å². The summed E-state index contributed by atoms with van der Waals surface area (Å²) in [5, 5.41) is 11.5. The molecule has 0 radical (unpaired) electrons. The first-order valence-electron chi connectivity index (χ1n) is 5.42. The van der Waals surface area contributed by atoms with Crippen molar-refractivity contribution >= 4 is 17.8 Å². The first kappa shape index (κ1) is 12.1. The summed E-state index contributed by atoms with van der Waals surface area (Å²) in [7, 11) is 0. The van der Waals surface area contributed by atoms with E-state index in [0.29, 0.717) is 19.5 Å². The van der Waals surface area contributed by atoms with Gasteiger partial charge in [-0.25, -0.2) is 9.78 Å². The van der Waals surface area contributed by atoms with Crippen LogP contribution < -0.4 is 5.32 Å². The zero-order chi connectivity index (χ0) is 13.1. The second-order valence-corrected chi connectivity index (χ2v) is 3.86. The molecular weight excluding hydrogens is 240 g/mol. The van der Waals surface area contributed by atoms with Gasteiger partial charge in [0.2, 0.25) is 5.91 Å². The van der Waals surface area contributed by atoms with Gasteiger partial charge in [-0.1, -0.05) is 0 Å². The summed E-state index contributed by atoms with van der Waals surface area (Å²) in [5.41, 5.74) is -0.429. The zero-order valence-corrected chi connectivity index (χ0v) is 9.47. The van der Waals surface area contributed by atoms with Crippen molar-refractivity contribution in [2.75, 3.05) is 19.6 Å². The van der Waals surface area contributed by atoms with Gasteiger partial charge in [0.25, 0.3) is 5.91 Å². The minimum Gasteiger partial charge on any atom is -0.477 e. The van der Waals surface area contributed by atoms with E-state index in [4.69, 9.17) is 5.11 Å². The molecule has 0 saturated carbocycles. The van der Waals surface area contributed by atoms with Gasteiger partial charge in [0, 0.05) is 13.1 Å². The van der Waals surface area contributed by atoms with Crippen LogP contribution in [0.2, 0.25) is 0 Å². The monoisotopic (exact) mass is 252 g/mol. The number of amides is 2. The average molecular weight is 252 g/mol. The van der Waals surface area contributed by atoms with E-state index in [2.05, 4.69) is 15.3 Å². The second kappa shape index (κ2) is 4.86. The normalized spacial score (nSPS) is 16.0. The fourth-order valence-corrected chi connectivity index (χ4v) is 1.75. The molecule has 1 aromatic rings. The Kier molecular flexibility index (Phi) is 3.26. The molecule has 3 N–H and O–H groups in total. The summed E-state index contributed by atoms with van der Waals surface area (Å²) in [6, 6.07) is 0. The summed E-state index contributed by atoms with van der Waals surface area (Å²) in [4.78, 5) is 41.7. The third-order valence-electron chi connectivity index (χ3n) is 2.60. The summed E-state index contributed by atoms with van der Waals surface area (Å²) in [6.07, 6.45) is 1.78. The van der Waals surface area contributed by atoms with Crippen LogP contribution in [0, 0.1) is 0 Å². The lowest BCUT2D eigenvalue weighted by Crippen LogP contribution is -2.38. The summed E-state index contributed by atoms with van der Waals surface area (Å²) >= 11 is 0. The van der Waals surface area contributed by atoms with Crippen LogP contribution in [0.25, 0.3) is 0 Å². The van der Waals surface area contributed by atoms with Gasteiger partial charge in [-0.15, -0.1) is 0 Å². The molecule has 1 aromatic heterocycles. The van der Waals surface area contributed by atoms with Crippen molar-refractivity contribution in [1.29, 1.82) is 0 Å². The molecule has 18 heavy (non-hydrogen) atoms. The van der Waals surface area contributed by atoms with Gasteiger partial charge in [0.05, 0.1) is 12.9 Å². The summed E-state index contributed by atoms with van der Waals surface area (Å²) in [6.45, 7) is 0.823. The Balaban J connectivity index is 2.22. The minimum absolute atomic E-state index is 0.0786. The lowest BCUT2D eigenvalue weighted by atomic mass is 10.2. The van der Waals surface area contributed by atoms with E-state index in [1.807, 2.05) is 0 Å². The number of rotatable bonds is 2. The Bertz CT molecular complexity index is 496. The lowest BCUT2D eigenvalue weighted by Gasteiger charge is -2.17. The largest absolute Gasteiger partial charge is 0.477 e. The first-order chi connectivity index (χ1) is 8.59. The molecule has 96 valence electrons. The highest BCUT2D eigenvalue weighted by Crippen LogP contribution is 2.08. The maximum absolute atomic E-state index is 12.1. The van der Waals surface area contributed by atoms with Gasteiger partial charge in [-0.05, 0) is 6.42 Å². The third kappa shape index (κ3) is 2.31. The van der Waals surface area contributed by atoms with Crippen molar-refractivity contribution in [3.8, 4) is 0 Å². The van der Waals surface area contributed by atoms with Crippen LogP contribution >= 0.6 is 0 Å². The van der Waals surface area contributed by atoms with Gasteiger partial charge in [-0.2, -0.15) is 0 Å². The molecule has 2 amide bonds. The van der Waals surface area contributed by atoms with Gasteiger partial charge >= 0.3 is 5.97 Å². The topological polar surface area (TPSA) is 115 Å². The molecule has 2 heterocycles. The number of carbonyl (C=O) groups is 3. The van der Waals surface area contributed by atoms with E-state index in [1.165, 1.54) is 4.90 Å². The average Bonchev–Trinajstić information content (AvgIpc) is 2.72. The Morgan fingerprint density at radius 3 is 2.94 bits per heavy atom. The molecular formula is C10H12N4O4. The summed E-state index contributed by atoms with van der Waals surface area (Å²) < 4.78 is 0. The van der Waals surface area contributed by atoms with Gasteiger partial charge < -0.3 is 20.3 Å². The fraction of sp³-hybridized carbons (Fsp3) is 0.400. The van der Waals surface area contributed by atoms with Gasteiger partial charge in [0.15, 0.2) is 11.4 Å². The van der Waals surface area contributed by atoms with E-state index in [0.717, 1.165) is 6.33 Å². The van der Waals surface area contributed by atoms with Crippen molar-refractivity contribution in [3.05, 3.63) is 17.7 Å². The van der Waals surface area contributed by atoms with Crippen molar-refractivity contribution in [1.82, 2.24) is 20.2 Å². The van der Waals surface area contributed by atoms with Gasteiger partial charge in [-0.3, -0.25) is 9.59 Å². The molecule has 8 nitrogen and oxygen atoms in total. The Labute approximate surface area is 102 Å². The molecule has 8 heteroatoms. The van der Waals surface area contributed by atoms with Crippen molar-refractivity contribution in [2.45, 2.75) is 6.42 Å². The van der Waals surface area contributed by atoms with Crippen LogP contribution in [-0.2, 0) is 4.79 Å². The maximum atomic E-state index is 12.1. The molecule has 2 rings (SSSR count). The number of aromatic nitrogens is 2. The standard InChI is InChI=1S/C10H12N4O4/c15-6-4-14(3-1-2-11-6)9(16)7-8(10(17)18)13-5-12-7/h5H,1-4H2,(H,11,15)(H,12,13)(H,17,18). The molecule has 1 fully saturated rings. The number of aromatic carboxylic acids is 1. The van der Waals surface area contributed by atoms with Crippen molar-refractivity contribution in [2.24, 2.45) is 0 Å². The number of aromatic amines is 1. The van der Waals surface area contributed by atoms with Crippen LogP contribution in [0.5, 0.6) is 0 Å². The number of imidazole rings is 1. The predicted octanol–water partition coefficient (Wildman–Crippen LogP) is -0.930. The maximum Gasteiger partial charge on any atom is 0.354 e. The quantitative estimate of drug-likeness (QED) is 0.629. The van der Waals surface area contributed by atoms with Crippen LogP contribution in [0.1, 0.15) is 27.4 Å². The molecule has 0 aliphatic carbocycles. The minimum atomic E-state index is -1.25. The number of carbonyl (C=O) groups excluding carboxylic acids is 2. The Morgan fingerprint density at radius 2 is 2.22 bits per heavy atom. The summed E-state index contributed by atoms with van der Waals surface area (Å²) in [5.74, 6) is -2.06. The number of carboxylic acids is 1. The Morgan fingerprint density at radius 1 is 1.44 bits per heavy atom. The highest BCUT2D eigenvalue weighted by Gasteiger charge is 2.26. The molecule has 0 bridgehead atoms. The molecule has 0 spiro atoms. The number of nitrogens with one attached hydrogen (secondary N) is 2. The SMILES string of the molecule is O=C1CN(C(=O)c2nc[nH]c2C(=O)O)CCCN1. The smallest absolute Gasteiger partial charge is 0.354 e. The van der Waals surface area contributed by atoms with Crippen molar-refractivity contribution in [3.63, 3.8) is 0 Å². The predicted molar refractivity (Wildman–Crippen MR) is 59.1 cm³/mol. The highest BCUT2D eigenvalue weighted by atomic mass is 16.4. The third-order valence-corrected chi connectivity index (χ3v) is 2.60. The molecule has 0 unspecified atom stereocenters. The number of hydrogen-bond donors (Lipinski definition) is 3. The number of hydrogen-bond acceptors (Lipinski definition) is 4. The number of nitrogens with zero attached hydrogens (tertiary/aromatic N) is 2. The molecule has 0 atom stereocenters. The highest BCUT2D eigenvalue weighted by molar-refractivity contribution is 6.03. The van der Waals surface area contributed by atoms with E-state index in [-0.39, 0.29) is 23.8 Å². The van der Waals surface area contributed by atoms with Crippen LogP contribution in [0.4, 0.5) is 0 Å². The molecule has 1 saturated heterocycles. The van der Waals surface area contributed by atoms with Gasteiger partial charge in [0.1, 0.15) is 0 Å². The molecule has 1 aliphatic rings. The molecule has 1 aliphatic heterocycles. The van der Waals surface area contributed by atoms with Crippen LogP contribution in [-0.4, -0.2) is 57.4 Å². The molecule has 0 aromatic carbocycles.